The lowest BCUT2D eigenvalue weighted by molar-refractivity contribution is -0.129. The van der Waals surface area contributed by atoms with Crippen LogP contribution in [0.1, 0.15) is 37.4 Å². The SMILES string of the molecule is CC(C)CC(=O)NC(C(=O)NCc1cnn(-c2ccc(Cl)cc2)c1)c1ccccc1. The Balaban J connectivity index is 1.67. The summed E-state index contributed by atoms with van der Waals surface area (Å²) in [5.74, 6) is -0.203. The predicted octanol–water partition coefficient (Wildman–Crippen LogP) is 4.05. The molecule has 3 rings (SSSR count). The van der Waals surface area contributed by atoms with E-state index >= 15 is 0 Å². The maximum absolute atomic E-state index is 12.9. The van der Waals surface area contributed by atoms with Crippen LogP contribution in [0.25, 0.3) is 5.69 Å². The van der Waals surface area contributed by atoms with E-state index in [4.69, 9.17) is 11.6 Å². The number of amides is 2. The van der Waals surface area contributed by atoms with E-state index in [1.807, 2.05) is 62.5 Å². The van der Waals surface area contributed by atoms with Gasteiger partial charge in [-0.3, -0.25) is 9.59 Å². The minimum absolute atomic E-state index is 0.149. The highest BCUT2D eigenvalue weighted by molar-refractivity contribution is 6.30. The summed E-state index contributed by atoms with van der Waals surface area (Å²) < 4.78 is 1.72. The van der Waals surface area contributed by atoms with E-state index < -0.39 is 6.04 Å². The van der Waals surface area contributed by atoms with E-state index in [-0.39, 0.29) is 17.7 Å². The smallest absolute Gasteiger partial charge is 0.247 e. The quantitative estimate of drug-likeness (QED) is 0.572. The largest absolute Gasteiger partial charge is 0.350 e. The molecule has 0 bridgehead atoms. The van der Waals surface area contributed by atoms with Crippen molar-refractivity contribution < 1.29 is 9.59 Å². The third kappa shape index (κ3) is 5.94. The Kier molecular flexibility index (Phi) is 7.25. The maximum atomic E-state index is 12.9. The Morgan fingerprint density at radius 1 is 1.07 bits per heavy atom. The highest BCUT2D eigenvalue weighted by atomic mass is 35.5. The first-order valence-corrected chi connectivity index (χ1v) is 10.2. The van der Waals surface area contributed by atoms with E-state index in [9.17, 15) is 9.59 Å². The molecular formula is C23H25ClN4O2. The molecule has 1 aromatic heterocycles. The van der Waals surface area contributed by atoms with Gasteiger partial charge in [0.25, 0.3) is 0 Å². The van der Waals surface area contributed by atoms with Gasteiger partial charge in [-0.25, -0.2) is 4.68 Å². The van der Waals surface area contributed by atoms with Gasteiger partial charge < -0.3 is 10.6 Å². The van der Waals surface area contributed by atoms with Crippen LogP contribution in [-0.4, -0.2) is 21.6 Å². The van der Waals surface area contributed by atoms with Crippen LogP contribution in [0.3, 0.4) is 0 Å². The number of carbonyl (C=O) groups is 2. The van der Waals surface area contributed by atoms with E-state index in [0.717, 1.165) is 16.8 Å². The number of hydrogen-bond acceptors (Lipinski definition) is 3. The van der Waals surface area contributed by atoms with Crippen molar-refractivity contribution in [3.05, 3.63) is 83.1 Å². The van der Waals surface area contributed by atoms with E-state index in [1.54, 1.807) is 23.0 Å². The molecule has 3 aromatic rings. The Bertz CT molecular complexity index is 984. The van der Waals surface area contributed by atoms with Crippen LogP contribution in [-0.2, 0) is 16.1 Å². The van der Waals surface area contributed by atoms with Crippen LogP contribution in [0.15, 0.2) is 67.0 Å². The summed E-state index contributed by atoms with van der Waals surface area (Å²) in [6.07, 6.45) is 3.91. The first-order valence-electron chi connectivity index (χ1n) is 9.84. The monoisotopic (exact) mass is 424 g/mol. The van der Waals surface area contributed by atoms with Crippen molar-refractivity contribution in [1.82, 2.24) is 20.4 Å². The Hall–Kier alpha value is -3.12. The molecule has 0 aliphatic carbocycles. The van der Waals surface area contributed by atoms with E-state index in [0.29, 0.717) is 18.0 Å². The fourth-order valence-corrected chi connectivity index (χ4v) is 3.14. The number of carbonyl (C=O) groups excluding carboxylic acids is 2. The number of benzene rings is 2. The van der Waals surface area contributed by atoms with Crippen LogP contribution in [0, 0.1) is 5.92 Å². The molecule has 0 aliphatic rings. The average Bonchev–Trinajstić information content (AvgIpc) is 3.20. The van der Waals surface area contributed by atoms with Gasteiger partial charge in [0.2, 0.25) is 11.8 Å². The number of rotatable bonds is 8. The minimum atomic E-state index is -0.747. The van der Waals surface area contributed by atoms with Crippen molar-refractivity contribution in [3.8, 4) is 5.69 Å². The third-order valence-corrected chi connectivity index (χ3v) is 4.74. The molecule has 2 N–H and O–H groups in total. The van der Waals surface area contributed by atoms with Gasteiger partial charge in [-0.2, -0.15) is 5.10 Å². The summed E-state index contributed by atoms with van der Waals surface area (Å²) in [7, 11) is 0. The normalized spacial score (nSPS) is 11.9. The second-order valence-corrected chi connectivity index (χ2v) is 7.93. The van der Waals surface area contributed by atoms with Gasteiger partial charge in [0.1, 0.15) is 6.04 Å². The van der Waals surface area contributed by atoms with Crippen molar-refractivity contribution >= 4 is 23.4 Å². The van der Waals surface area contributed by atoms with Gasteiger partial charge >= 0.3 is 0 Å². The summed E-state index contributed by atoms with van der Waals surface area (Å²) >= 11 is 5.93. The topological polar surface area (TPSA) is 76.0 Å². The number of hydrogen-bond donors (Lipinski definition) is 2. The van der Waals surface area contributed by atoms with Gasteiger partial charge in [-0.05, 0) is 35.7 Å². The third-order valence-electron chi connectivity index (χ3n) is 4.49. The number of halogens is 1. The fraction of sp³-hybridized carbons (Fsp3) is 0.261. The standard InChI is InChI=1S/C23H25ClN4O2/c1-16(2)12-21(29)27-22(18-6-4-3-5-7-18)23(30)25-13-17-14-26-28(15-17)20-10-8-19(24)9-11-20/h3-11,14-16,22H,12-13H2,1-2H3,(H,25,30)(H,27,29). The molecule has 7 heteroatoms. The fourth-order valence-electron chi connectivity index (χ4n) is 3.01. The summed E-state index contributed by atoms with van der Waals surface area (Å²) in [5.41, 5.74) is 2.46. The van der Waals surface area contributed by atoms with Crippen LogP contribution in [0.5, 0.6) is 0 Å². The van der Waals surface area contributed by atoms with Gasteiger partial charge in [-0.15, -0.1) is 0 Å². The molecule has 1 unspecified atom stereocenters. The van der Waals surface area contributed by atoms with E-state index in [1.165, 1.54) is 0 Å². The van der Waals surface area contributed by atoms with Gasteiger partial charge in [0, 0.05) is 29.7 Å². The summed E-state index contributed by atoms with van der Waals surface area (Å²) in [4.78, 5) is 25.2. The highest BCUT2D eigenvalue weighted by Crippen LogP contribution is 2.16. The van der Waals surface area contributed by atoms with Crippen LogP contribution in [0.4, 0.5) is 0 Å². The predicted molar refractivity (Wildman–Crippen MR) is 117 cm³/mol. The highest BCUT2D eigenvalue weighted by Gasteiger charge is 2.22. The maximum Gasteiger partial charge on any atom is 0.247 e. The van der Waals surface area contributed by atoms with Crippen LogP contribution >= 0.6 is 11.6 Å². The van der Waals surface area contributed by atoms with Crippen molar-refractivity contribution in [3.63, 3.8) is 0 Å². The molecule has 6 nitrogen and oxygen atoms in total. The average molecular weight is 425 g/mol. The Morgan fingerprint density at radius 3 is 2.43 bits per heavy atom. The summed E-state index contributed by atoms with van der Waals surface area (Å²) in [6, 6.07) is 15.8. The second-order valence-electron chi connectivity index (χ2n) is 7.50. The first-order chi connectivity index (χ1) is 14.4. The summed E-state index contributed by atoms with van der Waals surface area (Å²) in [6.45, 7) is 4.24. The van der Waals surface area contributed by atoms with Crippen LogP contribution in [0.2, 0.25) is 5.02 Å². The molecule has 0 spiro atoms. The molecule has 1 atom stereocenters. The Labute approximate surface area is 181 Å². The zero-order valence-corrected chi connectivity index (χ0v) is 17.8. The Morgan fingerprint density at radius 2 is 1.77 bits per heavy atom. The second kappa shape index (κ2) is 10.1. The first kappa shape index (κ1) is 21.6. The van der Waals surface area contributed by atoms with Crippen molar-refractivity contribution in [2.45, 2.75) is 32.9 Å². The van der Waals surface area contributed by atoms with Crippen LogP contribution < -0.4 is 10.6 Å². The minimum Gasteiger partial charge on any atom is -0.350 e. The molecule has 30 heavy (non-hydrogen) atoms. The lowest BCUT2D eigenvalue weighted by Crippen LogP contribution is -2.40. The lowest BCUT2D eigenvalue weighted by atomic mass is 10.0. The molecule has 0 fully saturated rings. The number of aromatic nitrogens is 2. The summed E-state index contributed by atoms with van der Waals surface area (Å²) in [5, 5.41) is 10.7. The molecule has 0 radical (unpaired) electrons. The molecule has 0 saturated heterocycles. The van der Waals surface area contributed by atoms with Gasteiger partial charge in [0.05, 0.1) is 11.9 Å². The molecule has 0 saturated carbocycles. The van der Waals surface area contributed by atoms with Gasteiger partial charge in [0.15, 0.2) is 0 Å². The molecule has 1 heterocycles. The van der Waals surface area contributed by atoms with E-state index in [2.05, 4.69) is 15.7 Å². The zero-order valence-electron chi connectivity index (χ0n) is 17.0. The molecular weight excluding hydrogens is 400 g/mol. The van der Waals surface area contributed by atoms with Crippen molar-refractivity contribution in [2.75, 3.05) is 0 Å². The molecule has 2 amide bonds. The number of nitrogens with one attached hydrogen (secondary N) is 2. The zero-order chi connectivity index (χ0) is 21.5. The van der Waals surface area contributed by atoms with Crippen molar-refractivity contribution in [2.24, 2.45) is 5.92 Å². The molecule has 0 aliphatic heterocycles. The molecule has 2 aromatic carbocycles. The lowest BCUT2D eigenvalue weighted by Gasteiger charge is -2.19. The molecule has 156 valence electrons. The number of nitrogens with zero attached hydrogens (tertiary/aromatic N) is 2. The van der Waals surface area contributed by atoms with Crippen molar-refractivity contribution in [1.29, 1.82) is 0 Å². The van der Waals surface area contributed by atoms with Gasteiger partial charge in [-0.1, -0.05) is 55.8 Å².